The minimum atomic E-state index is -3.33. The first-order chi connectivity index (χ1) is 11.0. The maximum atomic E-state index is 12.6. The van der Waals surface area contributed by atoms with Gasteiger partial charge in [-0.3, -0.25) is 14.9 Å². The van der Waals surface area contributed by atoms with Gasteiger partial charge in [0.15, 0.2) is 9.84 Å². The van der Waals surface area contributed by atoms with Crippen molar-refractivity contribution in [1.82, 2.24) is 20.1 Å². The van der Waals surface area contributed by atoms with Gasteiger partial charge in [-0.1, -0.05) is 0 Å². The summed E-state index contributed by atoms with van der Waals surface area (Å²) in [5, 5.41) is 6.68. The maximum Gasteiger partial charge on any atom is 0.253 e. The Morgan fingerprint density at radius 1 is 1.35 bits per heavy atom. The quantitative estimate of drug-likeness (QED) is 0.910. The first kappa shape index (κ1) is 15.7. The number of aromatic amines is 1. The molecule has 23 heavy (non-hydrogen) atoms. The highest BCUT2D eigenvalue weighted by molar-refractivity contribution is 7.90. The van der Waals surface area contributed by atoms with E-state index in [4.69, 9.17) is 0 Å². The fourth-order valence-corrected chi connectivity index (χ4v) is 3.80. The molecule has 3 heterocycles. The minimum absolute atomic E-state index is 0.0539. The average Bonchev–Trinajstić information content (AvgIpc) is 3.05. The second-order valence-electron chi connectivity index (χ2n) is 5.75. The van der Waals surface area contributed by atoms with E-state index in [2.05, 4.69) is 15.2 Å². The summed E-state index contributed by atoms with van der Waals surface area (Å²) in [6, 6.07) is 3.37. The molecule has 0 unspecified atom stereocenters. The van der Waals surface area contributed by atoms with Crippen LogP contribution in [0.5, 0.6) is 0 Å². The average molecular weight is 334 g/mol. The van der Waals surface area contributed by atoms with Gasteiger partial charge >= 0.3 is 0 Å². The molecule has 1 aliphatic rings. The van der Waals surface area contributed by atoms with E-state index in [0.717, 1.165) is 12.8 Å². The molecule has 2 aromatic heterocycles. The summed E-state index contributed by atoms with van der Waals surface area (Å²) in [4.78, 5) is 18.5. The molecule has 2 aromatic rings. The van der Waals surface area contributed by atoms with Crippen LogP contribution in [-0.2, 0) is 9.84 Å². The Hall–Kier alpha value is -2.22. The van der Waals surface area contributed by atoms with Crippen LogP contribution in [0.15, 0.2) is 35.6 Å². The van der Waals surface area contributed by atoms with Gasteiger partial charge in [0.25, 0.3) is 5.91 Å². The summed E-state index contributed by atoms with van der Waals surface area (Å²) < 4.78 is 23.7. The summed E-state index contributed by atoms with van der Waals surface area (Å²) in [6.07, 6.45) is 7.34. The standard InChI is InChI=1S/C15H18N4O3S/c1-23(21,22)13-9-17-18-14(13)12-3-2-8-19(10-12)15(20)11-4-6-16-7-5-11/h4-7,9,12H,2-3,8,10H2,1H3,(H,17,18)/t12-/m0/s1. The third-order valence-electron chi connectivity index (χ3n) is 4.08. The lowest BCUT2D eigenvalue weighted by Gasteiger charge is -2.32. The Labute approximate surface area is 134 Å². The number of piperidine rings is 1. The molecule has 0 spiro atoms. The Kier molecular flexibility index (Phi) is 4.16. The zero-order valence-electron chi connectivity index (χ0n) is 12.8. The van der Waals surface area contributed by atoms with Crippen molar-refractivity contribution in [3.63, 3.8) is 0 Å². The first-order valence-electron chi connectivity index (χ1n) is 7.39. The van der Waals surface area contributed by atoms with Gasteiger partial charge < -0.3 is 4.90 Å². The fraction of sp³-hybridized carbons (Fsp3) is 0.400. The van der Waals surface area contributed by atoms with Gasteiger partial charge in [-0.2, -0.15) is 5.10 Å². The van der Waals surface area contributed by atoms with Crippen molar-refractivity contribution in [1.29, 1.82) is 0 Å². The smallest absolute Gasteiger partial charge is 0.253 e. The van der Waals surface area contributed by atoms with Gasteiger partial charge in [-0.05, 0) is 25.0 Å². The highest BCUT2D eigenvalue weighted by atomic mass is 32.2. The molecule has 8 heteroatoms. The minimum Gasteiger partial charge on any atom is -0.338 e. The van der Waals surface area contributed by atoms with E-state index in [0.29, 0.717) is 24.3 Å². The van der Waals surface area contributed by atoms with Crippen LogP contribution in [0.4, 0.5) is 0 Å². The molecule has 1 aliphatic heterocycles. The summed E-state index contributed by atoms with van der Waals surface area (Å²) in [7, 11) is -3.33. The van der Waals surface area contributed by atoms with Crippen molar-refractivity contribution in [2.75, 3.05) is 19.3 Å². The molecule has 1 fully saturated rings. The second kappa shape index (κ2) is 6.11. The van der Waals surface area contributed by atoms with Gasteiger partial charge in [0.05, 0.1) is 11.9 Å². The predicted octanol–water partition coefficient (Wildman–Crippen LogP) is 1.23. The van der Waals surface area contributed by atoms with E-state index in [1.807, 2.05) is 0 Å². The van der Waals surface area contributed by atoms with Crippen LogP contribution in [0.1, 0.15) is 34.8 Å². The summed E-state index contributed by atoms with van der Waals surface area (Å²) in [5.74, 6) is -0.112. The van der Waals surface area contributed by atoms with Crippen LogP contribution in [0.2, 0.25) is 0 Å². The van der Waals surface area contributed by atoms with E-state index < -0.39 is 9.84 Å². The zero-order valence-corrected chi connectivity index (χ0v) is 13.6. The molecule has 0 aliphatic carbocycles. The summed E-state index contributed by atoms with van der Waals surface area (Å²) in [5.41, 5.74) is 1.19. The number of pyridine rings is 1. The van der Waals surface area contributed by atoms with Gasteiger partial charge in [0, 0.05) is 43.2 Å². The number of likely N-dealkylation sites (tertiary alicyclic amines) is 1. The van der Waals surface area contributed by atoms with E-state index >= 15 is 0 Å². The molecule has 3 rings (SSSR count). The predicted molar refractivity (Wildman–Crippen MR) is 83.8 cm³/mol. The monoisotopic (exact) mass is 334 g/mol. The number of nitrogens with one attached hydrogen (secondary N) is 1. The lowest BCUT2D eigenvalue weighted by atomic mass is 9.94. The zero-order chi connectivity index (χ0) is 16.4. The van der Waals surface area contributed by atoms with E-state index in [9.17, 15) is 13.2 Å². The number of carbonyl (C=O) groups excluding carboxylic acids is 1. The van der Waals surface area contributed by atoms with Crippen LogP contribution >= 0.6 is 0 Å². The Morgan fingerprint density at radius 3 is 2.78 bits per heavy atom. The van der Waals surface area contributed by atoms with E-state index in [-0.39, 0.29) is 16.7 Å². The van der Waals surface area contributed by atoms with Crippen molar-refractivity contribution in [3.05, 3.63) is 42.0 Å². The third kappa shape index (κ3) is 3.26. The number of H-pyrrole nitrogens is 1. The highest BCUT2D eigenvalue weighted by Crippen LogP contribution is 2.30. The van der Waals surface area contributed by atoms with Gasteiger partial charge in [-0.15, -0.1) is 0 Å². The SMILES string of the molecule is CS(=O)(=O)c1cn[nH]c1[C@H]1CCCN(C(=O)c2ccncc2)C1. The molecule has 0 bridgehead atoms. The Bertz CT molecular complexity index is 801. The van der Waals surface area contributed by atoms with Crippen LogP contribution in [-0.4, -0.2) is 53.8 Å². The van der Waals surface area contributed by atoms with Crippen molar-refractivity contribution in [2.24, 2.45) is 0 Å². The molecule has 1 atom stereocenters. The van der Waals surface area contributed by atoms with E-state index in [1.165, 1.54) is 12.5 Å². The number of rotatable bonds is 3. The molecule has 0 saturated carbocycles. The molecule has 1 N–H and O–H groups in total. The van der Waals surface area contributed by atoms with Crippen molar-refractivity contribution < 1.29 is 13.2 Å². The van der Waals surface area contributed by atoms with Crippen LogP contribution < -0.4 is 0 Å². The number of hydrogen-bond donors (Lipinski definition) is 1. The number of carbonyl (C=O) groups is 1. The maximum absolute atomic E-state index is 12.6. The van der Waals surface area contributed by atoms with Crippen LogP contribution in [0.3, 0.4) is 0 Å². The van der Waals surface area contributed by atoms with E-state index in [1.54, 1.807) is 29.4 Å². The lowest BCUT2D eigenvalue weighted by Crippen LogP contribution is -2.39. The number of sulfone groups is 1. The lowest BCUT2D eigenvalue weighted by molar-refractivity contribution is 0.0705. The highest BCUT2D eigenvalue weighted by Gasteiger charge is 2.30. The second-order valence-corrected chi connectivity index (χ2v) is 7.73. The third-order valence-corrected chi connectivity index (χ3v) is 5.20. The van der Waals surface area contributed by atoms with Crippen molar-refractivity contribution in [3.8, 4) is 0 Å². The van der Waals surface area contributed by atoms with Crippen LogP contribution in [0, 0.1) is 0 Å². The molecular weight excluding hydrogens is 316 g/mol. The number of hydrogen-bond acceptors (Lipinski definition) is 5. The Morgan fingerprint density at radius 2 is 2.09 bits per heavy atom. The van der Waals surface area contributed by atoms with Crippen molar-refractivity contribution in [2.45, 2.75) is 23.7 Å². The number of amides is 1. The molecule has 7 nitrogen and oxygen atoms in total. The van der Waals surface area contributed by atoms with Gasteiger partial charge in [0.2, 0.25) is 0 Å². The molecule has 1 saturated heterocycles. The molecule has 0 radical (unpaired) electrons. The fourth-order valence-electron chi connectivity index (χ4n) is 2.95. The molecule has 122 valence electrons. The normalized spacial score (nSPS) is 18.8. The van der Waals surface area contributed by atoms with Gasteiger partial charge in [-0.25, -0.2) is 8.42 Å². The largest absolute Gasteiger partial charge is 0.338 e. The topological polar surface area (TPSA) is 96.0 Å². The molecule has 1 amide bonds. The summed E-state index contributed by atoms with van der Waals surface area (Å²) in [6.45, 7) is 1.14. The Balaban J connectivity index is 1.82. The molecular formula is C15H18N4O3S. The van der Waals surface area contributed by atoms with Crippen molar-refractivity contribution >= 4 is 15.7 Å². The molecule has 0 aromatic carbocycles. The van der Waals surface area contributed by atoms with Crippen LogP contribution in [0.25, 0.3) is 0 Å². The summed E-state index contributed by atoms with van der Waals surface area (Å²) >= 11 is 0. The number of nitrogens with zero attached hydrogens (tertiary/aromatic N) is 3. The first-order valence-corrected chi connectivity index (χ1v) is 9.28. The number of aromatic nitrogens is 3. The van der Waals surface area contributed by atoms with Gasteiger partial charge in [0.1, 0.15) is 4.90 Å².